The lowest BCUT2D eigenvalue weighted by molar-refractivity contribution is -0.128. The summed E-state index contributed by atoms with van der Waals surface area (Å²) < 4.78 is 16.6. The molecule has 1 N–H and O–H groups in total. The second-order valence-electron chi connectivity index (χ2n) is 9.06. The molecule has 1 unspecified atom stereocenters. The normalized spacial score (nSPS) is 15.4. The van der Waals surface area contributed by atoms with Crippen LogP contribution in [0, 0.1) is 5.92 Å². The molecule has 0 radical (unpaired) electrons. The minimum absolute atomic E-state index is 0.0819. The topological polar surface area (TPSA) is 83.4 Å². The number of likely N-dealkylation sites (N-methyl/N-ethyl adjacent to an activating group) is 1. The second kappa shape index (κ2) is 11.2. The van der Waals surface area contributed by atoms with Gasteiger partial charge < -0.3 is 19.7 Å². The first-order chi connectivity index (χ1) is 15.7. The molecule has 1 aromatic heterocycles. The Balaban J connectivity index is 1.74. The summed E-state index contributed by atoms with van der Waals surface area (Å²) in [5.41, 5.74) is 0.641. The Hall–Kier alpha value is -3.07. The molecule has 1 atom stereocenters. The molecule has 2 aromatic rings. The molecule has 178 valence electrons. The van der Waals surface area contributed by atoms with Crippen molar-refractivity contribution in [1.29, 1.82) is 0 Å². The molecule has 9 heteroatoms. The molecule has 1 aliphatic heterocycles. The first kappa shape index (κ1) is 24.6. The van der Waals surface area contributed by atoms with Crippen molar-refractivity contribution in [3.63, 3.8) is 0 Å². The summed E-state index contributed by atoms with van der Waals surface area (Å²) in [7, 11) is 3.69. The van der Waals surface area contributed by atoms with Crippen LogP contribution in [0.1, 0.15) is 43.5 Å². The van der Waals surface area contributed by atoms with Crippen LogP contribution in [-0.2, 0) is 22.6 Å². The molecular formula is C24H33FN6O2. The summed E-state index contributed by atoms with van der Waals surface area (Å²) in [4.78, 5) is 28.5. The molecule has 1 aromatic carbocycles. The van der Waals surface area contributed by atoms with Gasteiger partial charge >= 0.3 is 0 Å². The highest BCUT2D eigenvalue weighted by Crippen LogP contribution is 2.23. The van der Waals surface area contributed by atoms with Gasteiger partial charge in [-0.2, -0.15) is 0 Å². The largest absolute Gasteiger partial charge is 0.345 e. The minimum Gasteiger partial charge on any atom is -0.345 e. The van der Waals surface area contributed by atoms with E-state index in [0.29, 0.717) is 49.8 Å². The van der Waals surface area contributed by atoms with E-state index in [1.165, 1.54) is 11.0 Å². The molecule has 33 heavy (non-hydrogen) atoms. The number of benzene rings is 1. The highest BCUT2D eigenvalue weighted by molar-refractivity contribution is 5.95. The standard InChI is InChI=1S/C24H33FN6O2/c1-17(2)14-20(26-22(32)16-29(3)4)23-28-27-21-10-11-30(12-13-31(21)23)24(33)19(25)15-18-8-6-5-7-9-18/h5-9,15,17,20H,10-14,16H2,1-4H3,(H,26,32)/b19-15-. The Morgan fingerprint density at radius 2 is 1.88 bits per heavy atom. The minimum atomic E-state index is -0.785. The zero-order valence-electron chi connectivity index (χ0n) is 19.8. The predicted molar refractivity (Wildman–Crippen MR) is 125 cm³/mol. The van der Waals surface area contributed by atoms with Crippen LogP contribution in [0.3, 0.4) is 0 Å². The molecule has 0 aliphatic carbocycles. The summed E-state index contributed by atoms with van der Waals surface area (Å²) in [6.45, 7) is 5.60. The monoisotopic (exact) mass is 456 g/mol. The third-order valence-corrected chi connectivity index (χ3v) is 5.45. The Kier molecular flexibility index (Phi) is 8.32. The molecule has 2 amide bonds. The first-order valence-electron chi connectivity index (χ1n) is 11.3. The third kappa shape index (κ3) is 6.71. The van der Waals surface area contributed by atoms with Gasteiger partial charge in [-0.05, 0) is 38.1 Å². The molecule has 0 bridgehead atoms. The number of hydrogen-bond donors (Lipinski definition) is 1. The quantitative estimate of drug-likeness (QED) is 0.617. The molecule has 0 saturated carbocycles. The van der Waals surface area contributed by atoms with E-state index in [9.17, 15) is 14.0 Å². The van der Waals surface area contributed by atoms with E-state index in [1.54, 1.807) is 24.3 Å². The van der Waals surface area contributed by atoms with Crippen molar-refractivity contribution < 1.29 is 14.0 Å². The summed E-state index contributed by atoms with van der Waals surface area (Å²) in [5, 5.41) is 11.8. The van der Waals surface area contributed by atoms with Crippen LogP contribution in [0.5, 0.6) is 0 Å². The van der Waals surface area contributed by atoms with Gasteiger partial charge in [0.2, 0.25) is 5.91 Å². The van der Waals surface area contributed by atoms with E-state index >= 15 is 0 Å². The van der Waals surface area contributed by atoms with Gasteiger partial charge in [0, 0.05) is 26.1 Å². The van der Waals surface area contributed by atoms with Gasteiger partial charge in [0.1, 0.15) is 5.82 Å². The zero-order valence-corrected chi connectivity index (χ0v) is 19.8. The average Bonchev–Trinajstić information content (AvgIpc) is 3.04. The fourth-order valence-corrected chi connectivity index (χ4v) is 3.94. The molecule has 3 rings (SSSR count). The van der Waals surface area contributed by atoms with Gasteiger partial charge in [-0.25, -0.2) is 4.39 Å². The highest BCUT2D eigenvalue weighted by atomic mass is 19.1. The van der Waals surface area contributed by atoms with E-state index in [1.807, 2.05) is 29.6 Å². The van der Waals surface area contributed by atoms with Crippen LogP contribution in [0.25, 0.3) is 6.08 Å². The second-order valence-corrected chi connectivity index (χ2v) is 9.06. The van der Waals surface area contributed by atoms with Crippen molar-refractivity contribution in [3.05, 3.63) is 53.4 Å². The van der Waals surface area contributed by atoms with Crippen molar-refractivity contribution in [2.45, 2.75) is 39.3 Å². The summed E-state index contributed by atoms with van der Waals surface area (Å²) in [5.74, 6) is 0.263. The van der Waals surface area contributed by atoms with Crippen LogP contribution in [0.15, 0.2) is 36.2 Å². The van der Waals surface area contributed by atoms with Crippen LogP contribution in [0.4, 0.5) is 4.39 Å². The van der Waals surface area contributed by atoms with Crippen LogP contribution < -0.4 is 5.32 Å². The molecule has 0 spiro atoms. The van der Waals surface area contributed by atoms with Gasteiger partial charge in [0.15, 0.2) is 11.7 Å². The van der Waals surface area contributed by atoms with Crippen molar-refractivity contribution in [3.8, 4) is 0 Å². The molecule has 0 fully saturated rings. The summed E-state index contributed by atoms with van der Waals surface area (Å²) >= 11 is 0. The fraction of sp³-hybridized carbons (Fsp3) is 0.500. The lowest BCUT2D eigenvalue weighted by Crippen LogP contribution is -2.38. The number of aromatic nitrogens is 3. The number of amides is 2. The zero-order chi connectivity index (χ0) is 24.0. The Labute approximate surface area is 194 Å². The Morgan fingerprint density at radius 3 is 2.55 bits per heavy atom. The Bertz CT molecular complexity index is 986. The summed E-state index contributed by atoms with van der Waals surface area (Å²) in [6.07, 6.45) is 2.45. The van der Waals surface area contributed by atoms with Gasteiger partial charge in [0.05, 0.1) is 12.6 Å². The smallest absolute Gasteiger partial charge is 0.282 e. The molecule has 2 heterocycles. The molecular weight excluding hydrogens is 423 g/mol. The maximum absolute atomic E-state index is 14.6. The highest BCUT2D eigenvalue weighted by Gasteiger charge is 2.28. The number of fused-ring (bicyclic) bond motifs is 1. The maximum Gasteiger partial charge on any atom is 0.282 e. The number of rotatable bonds is 8. The number of nitrogens with zero attached hydrogens (tertiary/aromatic N) is 5. The summed E-state index contributed by atoms with van der Waals surface area (Å²) in [6, 6.07) is 8.66. The van der Waals surface area contributed by atoms with Gasteiger partial charge in [-0.1, -0.05) is 44.2 Å². The van der Waals surface area contributed by atoms with Gasteiger partial charge in [-0.15, -0.1) is 10.2 Å². The molecule has 1 aliphatic rings. The van der Waals surface area contributed by atoms with Crippen molar-refractivity contribution in [2.24, 2.45) is 5.92 Å². The van der Waals surface area contributed by atoms with Crippen LogP contribution in [0.2, 0.25) is 0 Å². The van der Waals surface area contributed by atoms with Crippen LogP contribution in [-0.4, -0.2) is 70.1 Å². The van der Waals surface area contributed by atoms with Crippen molar-refractivity contribution >= 4 is 17.9 Å². The SMILES string of the molecule is CC(C)CC(NC(=O)CN(C)C)c1nnc2n1CCN(C(=O)/C(F)=C/c1ccccc1)CC2. The lowest BCUT2D eigenvalue weighted by Gasteiger charge is -2.23. The third-order valence-electron chi connectivity index (χ3n) is 5.45. The van der Waals surface area contributed by atoms with E-state index in [2.05, 4.69) is 29.4 Å². The van der Waals surface area contributed by atoms with Crippen molar-refractivity contribution in [2.75, 3.05) is 33.7 Å². The van der Waals surface area contributed by atoms with E-state index in [0.717, 1.165) is 5.82 Å². The maximum atomic E-state index is 14.6. The van der Waals surface area contributed by atoms with Gasteiger partial charge in [0.25, 0.3) is 5.91 Å². The number of nitrogens with one attached hydrogen (secondary N) is 1. The number of carbonyl (C=O) groups excluding carboxylic acids is 2. The van der Waals surface area contributed by atoms with Crippen molar-refractivity contribution in [1.82, 2.24) is 29.9 Å². The lowest BCUT2D eigenvalue weighted by atomic mass is 10.0. The number of halogens is 1. The average molecular weight is 457 g/mol. The van der Waals surface area contributed by atoms with E-state index < -0.39 is 11.7 Å². The van der Waals surface area contributed by atoms with E-state index in [-0.39, 0.29) is 18.5 Å². The Morgan fingerprint density at radius 1 is 1.15 bits per heavy atom. The van der Waals surface area contributed by atoms with Gasteiger partial charge in [-0.3, -0.25) is 9.59 Å². The number of hydrogen-bond acceptors (Lipinski definition) is 5. The number of carbonyl (C=O) groups is 2. The fourth-order valence-electron chi connectivity index (χ4n) is 3.94. The predicted octanol–water partition coefficient (Wildman–Crippen LogP) is 2.44. The van der Waals surface area contributed by atoms with E-state index in [4.69, 9.17) is 0 Å². The first-order valence-corrected chi connectivity index (χ1v) is 11.3. The molecule has 8 nitrogen and oxygen atoms in total. The molecule has 0 saturated heterocycles. The van der Waals surface area contributed by atoms with Crippen LogP contribution >= 0.6 is 0 Å².